The van der Waals surface area contributed by atoms with Gasteiger partial charge in [-0.05, 0) is 57.9 Å². The van der Waals surface area contributed by atoms with E-state index in [1.807, 2.05) is 6.92 Å². The Morgan fingerprint density at radius 2 is 1.82 bits per heavy atom. The highest BCUT2D eigenvalue weighted by atomic mass is 16.5. The molecule has 2 heterocycles. The lowest BCUT2D eigenvalue weighted by Crippen LogP contribution is -2.65. The van der Waals surface area contributed by atoms with Crippen molar-refractivity contribution in [2.24, 2.45) is 0 Å². The minimum atomic E-state index is -1.24. The molecule has 0 radical (unpaired) electrons. The average Bonchev–Trinajstić information content (AvgIpc) is 3.25. The van der Waals surface area contributed by atoms with Gasteiger partial charge in [-0.1, -0.05) is 19.3 Å². The van der Waals surface area contributed by atoms with Crippen molar-refractivity contribution in [3.05, 3.63) is 41.7 Å². The first kappa shape index (κ1) is 23.8. The third-order valence-electron chi connectivity index (χ3n) is 6.47. The predicted octanol–water partition coefficient (Wildman–Crippen LogP) is 3.33. The smallest absolute Gasteiger partial charge is 0.358 e. The number of aromatic nitrogens is 2. The highest BCUT2D eigenvalue weighted by Crippen LogP contribution is 2.34. The molecule has 0 spiro atoms. The third kappa shape index (κ3) is 4.51. The minimum Gasteiger partial charge on any atom is -0.494 e. The number of ether oxygens (including phenoxy) is 2. The quantitative estimate of drug-likeness (QED) is 0.626. The van der Waals surface area contributed by atoms with Crippen molar-refractivity contribution in [2.45, 2.75) is 71.0 Å². The first-order chi connectivity index (χ1) is 16.4. The van der Waals surface area contributed by atoms with Crippen LogP contribution in [0.25, 0.3) is 0 Å². The lowest BCUT2D eigenvalue weighted by atomic mass is 9.91. The molecule has 1 aromatic heterocycles. The van der Waals surface area contributed by atoms with Crippen molar-refractivity contribution in [2.75, 3.05) is 18.1 Å². The summed E-state index contributed by atoms with van der Waals surface area (Å²) in [6, 6.07) is 8.62. The van der Waals surface area contributed by atoms with Gasteiger partial charge in [-0.3, -0.25) is 19.2 Å². The van der Waals surface area contributed by atoms with Crippen molar-refractivity contribution in [1.82, 2.24) is 15.1 Å². The molecular weight excluding hydrogens is 436 g/mol. The number of hydrogen-bond donors (Lipinski definition) is 1. The lowest BCUT2D eigenvalue weighted by Gasteiger charge is -2.44. The Labute approximate surface area is 199 Å². The fourth-order valence-electron chi connectivity index (χ4n) is 4.74. The zero-order valence-electron chi connectivity index (χ0n) is 20.0. The average molecular weight is 469 g/mol. The van der Waals surface area contributed by atoms with Crippen LogP contribution in [0.1, 0.15) is 73.9 Å². The minimum absolute atomic E-state index is 0.0498. The zero-order chi connectivity index (χ0) is 24.3. The first-order valence-electron chi connectivity index (χ1n) is 12.0. The van der Waals surface area contributed by atoms with Crippen LogP contribution in [0.3, 0.4) is 0 Å². The number of nitrogens with zero attached hydrogens (tertiary/aromatic N) is 3. The van der Waals surface area contributed by atoms with E-state index in [-0.39, 0.29) is 36.5 Å². The Bertz CT molecular complexity index is 1060. The van der Waals surface area contributed by atoms with Crippen LogP contribution in [0.2, 0.25) is 0 Å². The van der Waals surface area contributed by atoms with Gasteiger partial charge in [0.15, 0.2) is 5.69 Å². The van der Waals surface area contributed by atoms with Crippen molar-refractivity contribution < 1.29 is 23.9 Å². The van der Waals surface area contributed by atoms with Crippen LogP contribution < -0.4 is 15.0 Å². The van der Waals surface area contributed by atoms with E-state index in [1.54, 1.807) is 38.1 Å². The Kier molecular flexibility index (Phi) is 6.90. The normalized spacial score (nSPS) is 20.6. The molecule has 1 atom stereocenters. The molecule has 2 aliphatic rings. The maximum atomic E-state index is 13.7. The molecular formula is C25H32N4O5. The summed E-state index contributed by atoms with van der Waals surface area (Å²) in [5.74, 6) is -0.558. The van der Waals surface area contributed by atoms with Gasteiger partial charge in [0.2, 0.25) is 5.91 Å². The molecule has 0 bridgehead atoms. The molecule has 0 unspecified atom stereocenters. The van der Waals surface area contributed by atoms with Crippen molar-refractivity contribution in [3.63, 3.8) is 0 Å². The summed E-state index contributed by atoms with van der Waals surface area (Å²) in [4.78, 5) is 41.2. The summed E-state index contributed by atoms with van der Waals surface area (Å²) >= 11 is 0. The molecule has 2 amide bonds. The number of hydrogen-bond acceptors (Lipinski definition) is 6. The standard InChI is InChI=1S/C25H32N4O5/c1-4-33-19-13-11-18(12-14-19)29-22(30)21-15-20(23(31)34-5-2)27-28(21)16-25(29,3)24(32)26-17-9-7-6-8-10-17/h11-15,17H,4-10,16H2,1-3H3,(H,26,32)/t25-/m1/s1. The molecule has 2 aromatic rings. The summed E-state index contributed by atoms with van der Waals surface area (Å²) in [7, 11) is 0. The molecule has 1 N–H and O–H groups in total. The molecule has 4 rings (SSSR count). The van der Waals surface area contributed by atoms with E-state index in [9.17, 15) is 14.4 Å². The Hall–Kier alpha value is -3.36. The van der Waals surface area contributed by atoms with Crippen LogP contribution in [0.4, 0.5) is 5.69 Å². The Morgan fingerprint density at radius 1 is 1.12 bits per heavy atom. The fourth-order valence-corrected chi connectivity index (χ4v) is 4.74. The van der Waals surface area contributed by atoms with Crippen LogP contribution in [0.5, 0.6) is 5.75 Å². The van der Waals surface area contributed by atoms with Crippen molar-refractivity contribution in [1.29, 1.82) is 0 Å². The highest BCUT2D eigenvalue weighted by molar-refractivity contribution is 6.12. The molecule has 1 aliphatic carbocycles. The summed E-state index contributed by atoms with van der Waals surface area (Å²) in [6.07, 6.45) is 5.19. The highest BCUT2D eigenvalue weighted by Gasteiger charge is 2.49. The van der Waals surface area contributed by atoms with Gasteiger partial charge >= 0.3 is 5.97 Å². The van der Waals surface area contributed by atoms with E-state index < -0.39 is 17.4 Å². The molecule has 1 aliphatic heterocycles. The van der Waals surface area contributed by atoms with Crippen LogP contribution in [0.15, 0.2) is 30.3 Å². The summed E-state index contributed by atoms with van der Waals surface area (Å²) < 4.78 is 12.0. The third-order valence-corrected chi connectivity index (χ3v) is 6.47. The van der Waals surface area contributed by atoms with E-state index in [0.29, 0.717) is 18.0 Å². The molecule has 0 saturated heterocycles. The maximum Gasteiger partial charge on any atom is 0.358 e. The van der Waals surface area contributed by atoms with Crippen LogP contribution in [0, 0.1) is 0 Å². The van der Waals surface area contributed by atoms with Crippen molar-refractivity contribution >= 4 is 23.5 Å². The topological polar surface area (TPSA) is 103 Å². The van der Waals surface area contributed by atoms with Gasteiger partial charge in [-0.25, -0.2) is 4.79 Å². The van der Waals surface area contributed by atoms with E-state index in [0.717, 1.165) is 25.7 Å². The van der Waals surface area contributed by atoms with E-state index in [2.05, 4.69) is 10.4 Å². The van der Waals surface area contributed by atoms with Crippen LogP contribution in [-0.2, 0) is 16.1 Å². The molecule has 182 valence electrons. The second kappa shape index (κ2) is 9.87. The number of rotatable bonds is 7. The fraction of sp³-hybridized carbons (Fsp3) is 0.520. The summed E-state index contributed by atoms with van der Waals surface area (Å²) in [6.45, 7) is 6.19. The monoisotopic (exact) mass is 468 g/mol. The SMILES string of the molecule is CCOC(=O)c1cc2n(n1)C[C@](C)(C(=O)NC1CCCCC1)N(c1ccc(OCC)cc1)C2=O. The number of nitrogens with one attached hydrogen (secondary N) is 1. The Balaban J connectivity index is 1.72. The molecule has 1 saturated carbocycles. The molecule has 1 aromatic carbocycles. The number of amides is 2. The number of anilines is 1. The van der Waals surface area contributed by atoms with Gasteiger partial charge in [-0.15, -0.1) is 0 Å². The summed E-state index contributed by atoms with van der Waals surface area (Å²) in [5.41, 5.74) is -0.388. The largest absolute Gasteiger partial charge is 0.494 e. The van der Waals surface area contributed by atoms with E-state index in [1.165, 1.54) is 22.1 Å². The van der Waals surface area contributed by atoms with Gasteiger partial charge < -0.3 is 14.8 Å². The van der Waals surface area contributed by atoms with Crippen molar-refractivity contribution in [3.8, 4) is 5.75 Å². The molecule has 9 nitrogen and oxygen atoms in total. The number of fused-ring (bicyclic) bond motifs is 1. The molecule has 9 heteroatoms. The van der Waals surface area contributed by atoms with Gasteiger partial charge in [0.1, 0.15) is 17.0 Å². The summed E-state index contributed by atoms with van der Waals surface area (Å²) in [5, 5.41) is 7.48. The van der Waals surface area contributed by atoms with Gasteiger partial charge in [-0.2, -0.15) is 5.10 Å². The lowest BCUT2D eigenvalue weighted by molar-refractivity contribution is -0.127. The first-order valence-corrected chi connectivity index (χ1v) is 12.0. The maximum absolute atomic E-state index is 13.7. The number of carbonyl (C=O) groups is 3. The molecule has 1 fully saturated rings. The van der Waals surface area contributed by atoms with Crippen LogP contribution >= 0.6 is 0 Å². The van der Waals surface area contributed by atoms with E-state index >= 15 is 0 Å². The second-order valence-corrected chi connectivity index (χ2v) is 8.94. The second-order valence-electron chi connectivity index (χ2n) is 8.94. The van der Waals surface area contributed by atoms with Crippen LogP contribution in [-0.4, -0.2) is 52.4 Å². The van der Waals surface area contributed by atoms with Gasteiger partial charge in [0.25, 0.3) is 5.91 Å². The number of carbonyl (C=O) groups excluding carboxylic acids is 3. The zero-order valence-corrected chi connectivity index (χ0v) is 20.0. The van der Waals surface area contributed by atoms with Gasteiger partial charge in [0, 0.05) is 17.8 Å². The number of esters is 1. The number of benzene rings is 1. The van der Waals surface area contributed by atoms with Gasteiger partial charge in [0.05, 0.1) is 19.8 Å². The van der Waals surface area contributed by atoms with E-state index in [4.69, 9.17) is 9.47 Å². The predicted molar refractivity (Wildman–Crippen MR) is 126 cm³/mol. The molecule has 34 heavy (non-hydrogen) atoms. The Morgan fingerprint density at radius 3 is 2.47 bits per heavy atom.